The van der Waals surface area contributed by atoms with Gasteiger partial charge in [0.25, 0.3) is 0 Å². The summed E-state index contributed by atoms with van der Waals surface area (Å²) in [5.74, 6) is 0.752. The van der Waals surface area contributed by atoms with E-state index in [1.165, 1.54) is 19.3 Å². The normalized spacial score (nSPS) is 16.9. The topological polar surface area (TPSA) is 67.6 Å². The van der Waals surface area contributed by atoms with E-state index in [1.54, 1.807) is 7.11 Å². The first-order valence-corrected chi connectivity index (χ1v) is 10.1. The van der Waals surface area contributed by atoms with Gasteiger partial charge in [0, 0.05) is 12.1 Å². The number of hydrogen-bond donors (Lipinski definition) is 2. The van der Waals surface area contributed by atoms with E-state index in [2.05, 4.69) is 16.3 Å². The quantitative estimate of drug-likeness (QED) is 0.738. The molecule has 2 atom stereocenters. The first-order chi connectivity index (χ1) is 13.7. The van der Waals surface area contributed by atoms with Gasteiger partial charge >= 0.3 is 0 Å². The zero-order valence-electron chi connectivity index (χ0n) is 16.6. The molecule has 3 N–H and O–H groups in total. The smallest absolute Gasteiger partial charge is 0.237 e. The van der Waals surface area contributed by atoms with Crippen molar-refractivity contribution < 1.29 is 9.53 Å². The largest absolute Gasteiger partial charge is 0.496 e. The van der Waals surface area contributed by atoms with Crippen LogP contribution in [0, 0.1) is 0 Å². The van der Waals surface area contributed by atoms with Gasteiger partial charge in [-0.2, -0.15) is 0 Å². The van der Waals surface area contributed by atoms with E-state index in [0.717, 1.165) is 30.0 Å². The van der Waals surface area contributed by atoms with Crippen LogP contribution in [0.1, 0.15) is 36.4 Å². The predicted octanol–water partition coefficient (Wildman–Crippen LogP) is 2.91. The molecule has 1 aliphatic heterocycles. The summed E-state index contributed by atoms with van der Waals surface area (Å²) < 4.78 is 5.59. The van der Waals surface area contributed by atoms with Gasteiger partial charge in [-0.25, -0.2) is 0 Å². The second-order valence-electron chi connectivity index (χ2n) is 7.40. The molecule has 1 saturated heterocycles. The highest BCUT2D eigenvalue weighted by atomic mass is 16.5. The van der Waals surface area contributed by atoms with Crippen LogP contribution in [0.4, 0.5) is 0 Å². The minimum Gasteiger partial charge on any atom is -0.496 e. The van der Waals surface area contributed by atoms with Crippen molar-refractivity contribution in [3.05, 3.63) is 65.7 Å². The Morgan fingerprint density at radius 2 is 1.75 bits per heavy atom. The Morgan fingerprint density at radius 3 is 2.46 bits per heavy atom. The Hall–Kier alpha value is -2.37. The Labute approximate surface area is 167 Å². The van der Waals surface area contributed by atoms with E-state index in [1.807, 2.05) is 48.5 Å². The zero-order valence-corrected chi connectivity index (χ0v) is 16.6. The Bertz CT molecular complexity index is 745. The molecule has 5 nitrogen and oxygen atoms in total. The summed E-state index contributed by atoms with van der Waals surface area (Å²) >= 11 is 0. The second kappa shape index (κ2) is 10.2. The monoisotopic (exact) mass is 381 g/mol. The number of methoxy groups -OCH3 is 1. The van der Waals surface area contributed by atoms with Gasteiger partial charge in [0.1, 0.15) is 5.75 Å². The van der Waals surface area contributed by atoms with Crippen LogP contribution in [0.5, 0.6) is 5.75 Å². The third kappa shape index (κ3) is 5.33. The lowest BCUT2D eigenvalue weighted by atomic mass is 10.00. The number of nitrogens with one attached hydrogen (secondary N) is 1. The molecule has 5 heteroatoms. The SMILES string of the molecule is COc1ccccc1C(CNC(=O)C(N)Cc1ccccc1)N1CCCCC1. The van der Waals surface area contributed by atoms with Crippen LogP contribution >= 0.6 is 0 Å². The van der Waals surface area contributed by atoms with Gasteiger partial charge in [0.2, 0.25) is 5.91 Å². The maximum absolute atomic E-state index is 12.6. The van der Waals surface area contributed by atoms with Crippen molar-refractivity contribution >= 4 is 5.91 Å². The Morgan fingerprint density at radius 1 is 1.07 bits per heavy atom. The molecule has 3 rings (SSSR count). The van der Waals surface area contributed by atoms with E-state index in [0.29, 0.717) is 13.0 Å². The van der Waals surface area contributed by atoms with Crippen LogP contribution in [0.2, 0.25) is 0 Å². The molecule has 0 spiro atoms. The molecule has 1 aliphatic rings. The van der Waals surface area contributed by atoms with Crippen LogP contribution in [-0.2, 0) is 11.2 Å². The maximum atomic E-state index is 12.6. The van der Waals surface area contributed by atoms with Crippen molar-refractivity contribution in [2.45, 2.75) is 37.8 Å². The summed E-state index contributed by atoms with van der Waals surface area (Å²) in [4.78, 5) is 15.1. The third-order valence-corrected chi connectivity index (χ3v) is 5.43. The predicted molar refractivity (Wildman–Crippen MR) is 112 cm³/mol. The van der Waals surface area contributed by atoms with E-state index in [9.17, 15) is 4.79 Å². The number of nitrogens with zero attached hydrogens (tertiary/aromatic N) is 1. The van der Waals surface area contributed by atoms with E-state index < -0.39 is 6.04 Å². The van der Waals surface area contributed by atoms with Gasteiger partial charge in [0.15, 0.2) is 0 Å². The summed E-state index contributed by atoms with van der Waals surface area (Å²) in [6.07, 6.45) is 4.18. The van der Waals surface area contributed by atoms with Crippen molar-refractivity contribution in [3.8, 4) is 5.75 Å². The van der Waals surface area contributed by atoms with Crippen molar-refractivity contribution in [2.24, 2.45) is 5.73 Å². The fraction of sp³-hybridized carbons (Fsp3) is 0.435. The number of hydrogen-bond acceptors (Lipinski definition) is 4. The van der Waals surface area contributed by atoms with Gasteiger partial charge in [-0.3, -0.25) is 9.69 Å². The molecule has 0 saturated carbocycles. The van der Waals surface area contributed by atoms with Gasteiger partial charge in [-0.05, 0) is 44.0 Å². The highest BCUT2D eigenvalue weighted by Crippen LogP contribution is 2.30. The molecule has 0 radical (unpaired) electrons. The van der Waals surface area contributed by atoms with Crippen LogP contribution in [0.3, 0.4) is 0 Å². The second-order valence-corrected chi connectivity index (χ2v) is 7.40. The minimum absolute atomic E-state index is 0.0873. The van der Waals surface area contributed by atoms with E-state index in [4.69, 9.17) is 10.5 Å². The first-order valence-electron chi connectivity index (χ1n) is 10.1. The summed E-state index contributed by atoms with van der Waals surface area (Å²) in [7, 11) is 1.69. The van der Waals surface area contributed by atoms with Gasteiger partial charge in [-0.15, -0.1) is 0 Å². The number of rotatable bonds is 8. The van der Waals surface area contributed by atoms with Crippen LogP contribution < -0.4 is 15.8 Å². The van der Waals surface area contributed by atoms with Crippen LogP contribution in [0.15, 0.2) is 54.6 Å². The average molecular weight is 382 g/mol. The highest BCUT2D eigenvalue weighted by Gasteiger charge is 2.26. The number of ether oxygens (including phenoxy) is 1. The molecule has 0 bridgehead atoms. The van der Waals surface area contributed by atoms with E-state index in [-0.39, 0.29) is 11.9 Å². The number of amides is 1. The van der Waals surface area contributed by atoms with E-state index >= 15 is 0 Å². The van der Waals surface area contributed by atoms with Gasteiger partial charge in [0.05, 0.1) is 19.2 Å². The van der Waals surface area contributed by atoms with Crippen molar-refractivity contribution in [1.82, 2.24) is 10.2 Å². The summed E-state index contributed by atoms with van der Waals surface area (Å²) in [6.45, 7) is 2.60. The number of nitrogens with two attached hydrogens (primary N) is 1. The lowest BCUT2D eigenvalue weighted by molar-refractivity contribution is -0.122. The third-order valence-electron chi connectivity index (χ3n) is 5.43. The number of likely N-dealkylation sites (tertiary alicyclic amines) is 1. The molecule has 150 valence electrons. The standard InChI is InChI=1S/C23H31N3O2/c1-28-22-13-7-6-12-19(22)21(26-14-8-3-9-15-26)17-25-23(27)20(24)16-18-10-4-2-5-11-18/h2,4-7,10-13,20-21H,3,8-9,14-17,24H2,1H3,(H,25,27). The minimum atomic E-state index is -0.554. The molecule has 2 aromatic carbocycles. The van der Waals surface area contributed by atoms with Gasteiger partial charge in [-0.1, -0.05) is 55.0 Å². The number of carbonyl (C=O) groups is 1. The summed E-state index contributed by atoms with van der Waals surface area (Å²) in [5.41, 5.74) is 8.34. The number of para-hydroxylation sites is 1. The van der Waals surface area contributed by atoms with Gasteiger partial charge < -0.3 is 15.8 Å². The molecule has 1 heterocycles. The summed E-state index contributed by atoms with van der Waals surface area (Å²) in [6, 6.07) is 17.5. The van der Waals surface area contributed by atoms with Crippen molar-refractivity contribution in [3.63, 3.8) is 0 Å². The molecular formula is C23H31N3O2. The fourth-order valence-corrected chi connectivity index (χ4v) is 3.90. The molecule has 28 heavy (non-hydrogen) atoms. The Balaban J connectivity index is 1.68. The molecule has 0 aromatic heterocycles. The fourth-order valence-electron chi connectivity index (χ4n) is 3.90. The lowest BCUT2D eigenvalue weighted by Gasteiger charge is -2.35. The van der Waals surface area contributed by atoms with Crippen LogP contribution in [-0.4, -0.2) is 43.6 Å². The number of carbonyl (C=O) groups excluding carboxylic acids is 1. The van der Waals surface area contributed by atoms with Crippen LogP contribution in [0.25, 0.3) is 0 Å². The van der Waals surface area contributed by atoms with Crippen molar-refractivity contribution in [1.29, 1.82) is 0 Å². The maximum Gasteiger partial charge on any atom is 0.237 e. The number of piperidine rings is 1. The van der Waals surface area contributed by atoms with Crippen molar-refractivity contribution in [2.75, 3.05) is 26.7 Å². The first kappa shape index (κ1) is 20.4. The molecular weight excluding hydrogens is 350 g/mol. The lowest BCUT2D eigenvalue weighted by Crippen LogP contribution is -2.46. The zero-order chi connectivity index (χ0) is 19.8. The average Bonchev–Trinajstić information content (AvgIpc) is 2.75. The Kier molecular flexibility index (Phi) is 7.46. The molecule has 1 fully saturated rings. The summed E-state index contributed by atoms with van der Waals surface area (Å²) in [5, 5.41) is 3.09. The molecule has 1 amide bonds. The molecule has 2 unspecified atom stereocenters. The highest BCUT2D eigenvalue weighted by molar-refractivity contribution is 5.81. The molecule has 0 aliphatic carbocycles. The number of benzene rings is 2. The molecule has 2 aromatic rings.